The summed E-state index contributed by atoms with van der Waals surface area (Å²) in [5.74, 6) is 1.14. The number of rotatable bonds is 4. The van der Waals surface area contributed by atoms with Gasteiger partial charge in [-0.3, -0.25) is 0 Å². The van der Waals surface area contributed by atoms with E-state index in [0.717, 1.165) is 22.0 Å². The summed E-state index contributed by atoms with van der Waals surface area (Å²) in [5.41, 5.74) is 2.01. The van der Waals surface area contributed by atoms with E-state index in [1.807, 2.05) is 42.3 Å². The van der Waals surface area contributed by atoms with E-state index in [4.69, 9.17) is 34.8 Å². The van der Waals surface area contributed by atoms with Gasteiger partial charge >= 0.3 is 0 Å². The van der Waals surface area contributed by atoms with Crippen molar-refractivity contribution >= 4 is 40.6 Å². The summed E-state index contributed by atoms with van der Waals surface area (Å²) in [4.78, 5) is 6.32. The molecule has 19 heavy (non-hydrogen) atoms. The number of hydrogen-bond acceptors (Lipinski definition) is 2. The number of alkyl halides is 1. The third-order valence-electron chi connectivity index (χ3n) is 2.70. The second-order valence-corrected chi connectivity index (χ2v) is 5.38. The van der Waals surface area contributed by atoms with Gasteiger partial charge in [-0.15, -0.1) is 11.6 Å². The highest BCUT2D eigenvalue weighted by atomic mass is 35.5. The van der Waals surface area contributed by atoms with Gasteiger partial charge in [0.25, 0.3) is 0 Å². The number of nitrogens with zero attached hydrogens (tertiary/aromatic N) is 2. The first-order valence-electron chi connectivity index (χ1n) is 5.76. The lowest BCUT2D eigenvalue weighted by molar-refractivity contribution is 0.896. The van der Waals surface area contributed by atoms with Gasteiger partial charge in [-0.2, -0.15) is 0 Å². The molecule has 2 rings (SSSR count). The van der Waals surface area contributed by atoms with E-state index in [9.17, 15) is 0 Å². The van der Waals surface area contributed by atoms with Gasteiger partial charge in [0.1, 0.15) is 5.82 Å². The van der Waals surface area contributed by atoms with Gasteiger partial charge in [-0.1, -0.05) is 35.3 Å². The summed E-state index contributed by atoms with van der Waals surface area (Å²) >= 11 is 17.9. The molecule has 0 atom stereocenters. The van der Waals surface area contributed by atoms with Gasteiger partial charge in [0, 0.05) is 30.7 Å². The molecule has 2 nitrogen and oxygen atoms in total. The van der Waals surface area contributed by atoms with Crippen molar-refractivity contribution in [2.24, 2.45) is 0 Å². The normalized spacial score (nSPS) is 10.5. The fourth-order valence-electron chi connectivity index (χ4n) is 1.81. The van der Waals surface area contributed by atoms with Gasteiger partial charge < -0.3 is 4.90 Å². The molecule has 0 unspecified atom stereocenters. The number of hydrogen-bond donors (Lipinski definition) is 0. The molecule has 0 amide bonds. The zero-order valence-electron chi connectivity index (χ0n) is 10.4. The molecule has 0 saturated heterocycles. The van der Waals surface area contributed by atoms with Crippen molar-refractivity contribution in [2.45, 2.75) is 12.4 Å². The zero-order chi connectivity index (χ0) is 13.8. The number of anilines is 1. The van der Waals surface area contributed by atoms with Crippen LogP contribution in [0.2, 0.25) is 10.0 Å². The highest BCUT2D eigenvalue weighted by Gasteiger charge is 2.09. The lowest BCUT2D eigenvalue weighted by Gasteiger charge is -2.19. The van der Waals surface area contributed by atoms with Crippen molar-refractivity contribution in [1.29, 1.82) is 0 Å². The van der Waals surface area contributed by atoms with Crippen LogP contribution in [0.1, 0.15) is 11.1 Å². The number of benzene rings is 1. The van der Waals surface area contributed by atoms with Crippen LogP contribution in [0.15, 0.2) is 36.5 Å². The Morgan fingerprint density at radius 2 is 1.95 bits per heavy atom. The molecule has 0 fully saturated rings. The maximum atomic E-state index is 6.21. The Morgan fingerprint density at radius 1 is 1.16 bits per heavy atom. The van der Waals surface area contributed by atoms with Crippen LogP contribution in [0, 0.1) is 0 Å². The van der Waals surface area contributed by atoms with Crippen molar-refractivity contribution in [3.63, 3.8) is 0 Å². The summed E-state index contributed by atoms with van der Waals surface area (Å²) in [5, 5.41) is 1.32. The number of pyridine rings is 1. The molecule has 1 aromatic heterocycles. The topological polar surface area (TPSA) is 16.1 Å². The lowest BCUT2D eigenvalue weighted by Crippen LogP contribution is -2.18. The fraction of sp³-hybridized carbons (Fsp3) is 0.214. The minimum absolute atomic E-state index is 0.408. The molecule has 0 aliphatic rings. The molecule has 0 bridgehead atoms. The minimum atomic E-state index is 0.408. The molecule has 0 N–H and O–H groups in total. The molecule has 5 heteroatoms. The van der Waals surface area contributed by atoms with Crippen molar-refractivity contribution in [2.75, 3.05) is 11.9 Å². The van der Waals surface area contributed by atoms with E-state index < -0.39 is 0 Å². The molecule has 0 spiro atoms. The number of halogens is 3. The van der Waals surface area contributed by atoms with Gasteiger partial charge in [0.15, 0.2) is 0 Å². The smallest absolute Gasteiger partial charge is 0.147 e. The average molecular weight is 316 g/mol. The lowest BCUT2D eigenvalue weighted by atomic mass is 10.2. The molecule has 1 heterocycles. The van der Waals surface area contributed by atoms with E-state index in [-0.39, 0.29) is 0 Å². The molecular formula is C14H13Cl3N2. The largest absolute Gasteiger partial charge is 0.354 e. The fourth-order valence-corrected chi connectivity index (χ4v) is 2.50. The Balaban J connectivity index is 2.18. The van der Waals surface area contributed by atoms with Crippen LogP contribution in [0.25, 0.3) is 0 Å². The number of aromatic nitrogens is 1. The quantitative estimate of drug-likeness (QED) is 0.756. The second-order valence-electron chi connectivity index (χ2n) is 4.27. The monoisotopic (exact) mass is 314 g/mol. The maximum Gasteiger partial charge on any atom is 0.147 e. The van der Waals surface area contributed by atoms with Crippen LogP contribution >= 0.6 is 34.8 Å². The first-order valence-corrected chi connectivity index (χ1v) is 7.05. The third-order valence-corrected chi connectivity index (χ3v) is 3.52. The standard InChI is InChI=1S/C14H13Cl3N2/c1-19(9-10-3-2-4-12(16)5-10)14-13(17)6-11(7-15)8-18-14/h2-6,8H,7,9H2,1H3. The van der Waals surface area contributed by atoms with Crippen molar-refractivity contribution < 1.29 is 0 Å². The minimum Gasteiger partial charge on any atom is -0.354 e. The van der Waals surface area contributed by atoms with Crippen molar-refractivity contribution in [3.05, 3.63) is 57.7 Å². The average Bonchev–Trinajstić information content (AvgIpc) is 2.38. The van der Waals surface area contributed by atoms with Crippen molar-refractivity contribution in [1.82, 2.24) is 4.98 Å². The third kappa shape index (κ3) is 3.75. The second kappa shape index (κ2) is 6.47. The Labute approximate surface area is 127 Å². The first-order chi connectivity index (χ1) is 9.10. The molecule has 0 aliphatic heterocycles. The first kappa shape index (κ1) is 14.4. The molecule has 100 valence electrons. The highest BCUT2D eigenvalue weighted by molar-refractivity contribution is 6.33. The summed E-state index contributed by atoms with van der Waals surface area (Å²) in [6.07, 6.45) is 1.74. The Hall–Kier alpha value is -0.960. The molecule has 0 saturated carbocycles. The summed E-state index contributed by atoms with van der Waals surface area (Å²) in [7, 11) is 1.94. The van der Waals surface area contributed by atoms with Gasteiger partial charge in [-0.05, 0) is 29.3 Å². The maximum absolute atomic E-state index is 6.21. The molecule has 0 aliphatic carbocycles. The van der Waals surface area contributed by atoms with E-state index in [1.165, 1.54) is 0 Å². The molecule has 1 aromatic carbocycles. The van der Waals surface area contributed by atoms with Gasteiger partial charge in [0.2, 0.25) is 0 Å². The van der Waals surface area contributed by atoms with Gasteiger partial charge in [0.05, 0.1) is 5.02 Å². The molecule has 0 radical (unpaired) electrons. The van der Waals surface area contributed by atoms with E-state index in [1.54, 1.807) is 6.20 Å². The van der Waals surface area contributed by atoms with Gasteiger partial charge in [-0.25, -0.2) is 4.98 Å². The van der Waals surface area contributed by atoms with Crippen LogP contribution < -0.4 is 4.90 Å². The SMILES string of the molecule is CN(Cc1cccc(Cl)c1)c1ncc(CCl)cc1Cl. The van der Waals surface area contributed by atoms with Crippen LogP contribution in [-0.2, 0) is 12.4 Å². The predicted molar refractivity (Wildman–Crippen MR) is 82.4 cm³/mol. The Bertz CT molecular complexity index is 572. The zero-order valence-corrected chi connectivity index (χ0v) is 12.7. The summed E-state index contributed by atoms with van der Waals surface area (Å²) in [6, 6.07) is 9.57. The van der Waals surface area contributed by atoms with Crippen molar-refractivity contribution in [3.8, 4) is 0 Å². The Morgan fingerprint density at radius 3 is 2.58 bits per heavy atom. The van der Waals surface area contributed by atoms with E-state index >= 15 is 0 Å². The van der Waals surface area contributed by atoms with Crippen LogP contribution in [0.4, 0.5) is 5.82 Å². The summed E-state index contributed by atoms with van der Waals surface area (Å²) < 4.78 is 0. The molecule has 2 aromatic rings. The summed E-state index contributed by atoms with van der Waals surface area (Å²) in [6.45, 7) is 0.688. The van der Waals surface area contributed by atoms with Crippen LogP contribution in [0.3, 0.4) is 0 Å². The molecular weight excluding hydrogens is 303 g/mol. The predicted octanol–water partition coefficient (Wildman–Crippen LogP) is 4.76. The van der Waals surface area contributed by atoms with E-state index in [2.05, 4.69) is 4.98 Å². The van der Waals surface area contributed by atoms with E-state index in [0.29, 0.717) is 17.4 Å². The van der Waals surface area contributed by atoms with Crippen LogP contribution in [0.5, 0.6) is 0 Å². The Kier molecular flexibility index (Phi) is 4.92. The highest BCUT2D eigenvalue weighted by Crippen LogP contribution is 2.25. The van der Waals surface area contributed by atoms with Crippen LogP contribution in [-0.4, -0.2) is 12.0 Å².